The van der Waals surface area contributed by atoms with Crippen LogP contribution in [-0.4, -0.2) is 13.2 Å². The number of benzene rings is 1. The van der Waals surface area contributed by atoms with Crippen LogP contribution in [0.15, 0.2) is 18.2 Å². The summed E-state index contributed by atoms with van der Waals surface area (Å²) >= 11 is 0. The molecule has 2 N–H and O–H groups in total. The van der Waals surface area contributed by atoms with Crippen LogP contribution in [0.2, 0.25) is 0 Å². The van der Waals surface area contributed by atoms with Crippen LogP contribution in [0.5, 0.6) is 5.75 Å². The monoisotopic (exact) mass is 207 g/mol. The lowest BCUT2D eigenvalue weighted by atomic mass is 10.0. The summed E-state index contributed by atoms with van der Waals surface area (Å²) in [6.07, 6.45) is 3.13. The minimum Gasteiger partial charge on any atom is -0.496 e. The molecule has 0 aliphatic heterocycles. The van der Waals surface area contributed by atoms with Gasteiger partial charge in [-0.25, -0.2) is 0 Å². The van der Waals surface area contributed by atoms with Crippen molar-refractivity contribution in [1.82, 2.24) is 0 Å². The molecular formula is C13H21NO. The molecule has 0 fully saturated rings. The van der Waals surface area contributed by atoms with Crippen LogP contribution in [0.4, 0.5) is 0 Å². The number of rotatable bonds is 5. The second-order valence-electron chi connectivity index (χ2n) is 4.08. The lowest BCUT2D eigenvalue weighted by molar-refractivity contribution is 0.409. The molecule has 1 aromatic carbocycles. The summed E-state index contributed by atoms with van der Waals surface area (Å²) in [6, 6.07) is 6.57. The van der Waals surface area contributed by atoms with Crippen molar-refractivity contribution in [2.45, 2.75) is 39.2 Å². The van der Waals surface area contributed by atoms with Gasteiger partial charge in [-0.15, -0.1) is 0 Å². The first-order valence-electron chi connectivity index (χ1n) is 5.58. The van der Waals surface area contributed by atoms with Gasteiger partial charge in [-0.05, 0) is 37.0 Å². The number of aryl methyl sites for hydroxylation is 1. The molecular weight excluding hydrogens is 186 g/mol. The van der Waals surface area contributed by atoms with Gasteiger partial charge in [0.05, 0.1) is 7.11 Å². The average Bonchev–Trinajstić information content (AvgIpc) is 2.18. The van der Waals surface area contributed by atoms with E-state index < -0.39 is 0 Å². The van der Waals surface area contributed by atoms with Gasteiger partial charge in [-0.3, -0.25) is 0 Å². The van der Waals surface area contributed by atoms with Crippen molar-refractivity contribution in [3.05, 3.63) is 29.3 Å². The maximum atomic E-state index is 5.79. The predicted molar refractivity (Wildman–Crippen MR) is 64.3 cm³/mol. The third-order valence-corrected chi connectivity index (χ3v) is 2.42. The first kappa shape index (κ1) is 12.1. The number of hydrogen-bond acceptors (Lipinski definition) is 2. The Bertz CT molecular complexity index is 307. The fourth-order valence-electron chi connectivity index (χ4n) is 1.80. The quantitative estimate of drug-likeness (QED) is 0.805. The smallest absolute Gasteiger partial charge is 0.122 e. The topological polar surface area (TPSA) is 35.2 Å². The molecule has 1 atom stereocenters. The summed E-state index contributed by atoms with van der Waals surface area (Å²) in [7, 11) is 1.72. The molecule has 2 nitrogen and oxygen atoms in total. The average molecular weight is 207 g/mol. The minimum absolute atomic E-state index is 0.216. The van der Waals surface area contributed by atoms with Gasteiger partial charge in [0.2, 0.25) is 0 Å². The zero-order chi connectivity index (χ0) is 11.3. The summed E-state index contributed by atoms with van der Waals surface area (Å²) in [6.45, 7) is 4.21. The van der Waals surface area contributed by atoms with E-state index in [0.29, 0.717) is 0 Å². The van der Waals surface area contributed by atoms with E-state index in [4.69, 9.17) is 10.5 Å². The molecule has 2 heteroatoms. The molecule has 15 heavy (non-hydrogen) atoms. The fraction of sp³-hybridized carbons (Fsp3) is 0.538. The Hall–Kier alpha value is -1.02. The van der Waals surface area contributed by atoms with Crippen LogP contribution in [0.25, 0.3) is 0 Å². The van der Waals surface area contributed by atoms with E-state index in [1.165, 1.54) is 11.1 Å². The van der Waals surface area contributed by atoms with Crippen LogP contribution >= 0.6 is 0 Å². The first-order valence-corrected chi connectivity index (χ1v) is 5.58. The second kappa shape index (κ2) is 5.76. The van der Waals surface area contributed by atoms with E-state index in [2.05, 4.69) is 19.1 Å². The highest BCUT2D eigenvalue weighted by Gasteiger charge is 2.04. The van der Waals surface area contributed by atoms with E-state index in [1.54, 1.807) is 7.11 Å². The zero-order valence-corrected chi connectivity index (χ0v) is 9.92. The third-order valence-electron chi connectivity index (χ3n) is 2.42. The van der Waals surface area contributed by atoms with E-state index in [-0.39, 0.29) is 6.04 Å². The van der Waals surface area contributed by atoms with Crippen LogP contribution < -0.4 is 10.5 Å². The second-order valence-corrected chi connectivity index (χ2v) is 4.08. The highest BCUT2D eigenvalue weighted by molar-refractivity contribution is 5.37. The van der Waals surface area contributed by atoms with Crippen LogP contribution in [0.1, 0.15) is 31.4 Å². The van der Waals surface area contributed by atoms with Crippen LogP contribution in [0, 0.1) is 0 Å². The Kier molecular flexibility index (Phi) is 4.63. The normalized spacial score (nSPS) is 12.5. The van der Waals surface area contributed by atoms with Crippen molar-refractivity contribution in [3.63, 3.8) is 0 Å². The minimum atomic E-state index is 0.216. The molecule has 0 saturated heterocycles. The van der Waals surface area contributed by atoms with Gasteiger partial charge >= 0.3 is 0 Å². The molecule has 0 spiro atoms. The van der Waals surface area contributed by atoms with Crippen molar-refractivity contribution in [2.24, 2.45) is 5.73 Å². The van der Waals surface area contributed by atoms with Gasteiger partial charge in [0.15, 0.2) is 0 Å². The molecule has 0 saturated carbocycles. The molecule has 1 unspecified atom stereocenters. The number of nitrogens with two attached hydrogens (primary N) is 1. The molecule has 0 amide bonds. The standard InChI is InChI=1S/C13H21NO/c1-4-5-12-9-11(8-10(2)14)6-7-13(12)15-3/h6-7,9-10H,4-5,8,14H2,1-3H3. The number of methoxy groups -OCH3 is 1. The summed E-state index contributed by atoms with van der Waals surface area (Å²) in [5.41, 5.74) is 8.38. The molecule has 0 heterocycles. The van der Waals surface area contributed by atoms with Crippen LogP contribution in [0.3, 0.4) is 0 Å². The Labute approximate surface area is 92.4 Å². The maximum Gasteiger partial charge on any atom is 0.122 e. The lowest BCUT2D eigenvalue weighted by Gasteiger charge is -2.11. The van der Waals surface area contributed by atoms with Gasteiger partial charge in [-0.1, -0.05) is 25.5 Å². The molecule has 0 aliphatic carbocycles. The maximum absolute atomic E-state index is 5.79. The molecule has 1 aromatic rings. The number of hydrogen-bond donors (Lipinski definition) is 1. The Morgan fingerprint density at radius 1 is 1.40 bits per heavy atom. The van der Waals surface area contributed by atoms with Gasteiger partial charge in [-0.2, -0.15) is 0 Å². The van der Waals surface area contributed by atoms with E-state index in [1.807, 2.05) is 13.0 Å². The summed E-state index contributed by atoms with van der Waals surface area (Å²) in [4.78, 5) is 0. The highest BCUT2D eigenvalue weighted by Crippen LogP contribution is 2.21. The Balaban J connectivity index is 2.88. The summed E-state index contributed by atoms with van der Waals surface area (Å²) < 4.78 is 5.33. The van der Waals surface area contributed by atoms with E-state index >= 15 is 0 Å². The van der Waals surface area contributed by atoms with Crippen molar-refractivity contribution in [2.75, 3.05) is 7.11 Å². The predicted octanol–water partition coefficient (Wildman–Crippen LogP) is 2.54. The van der Waals surface area contributed by atoms with E-state index in [9.17, 15) is 0 Å². The molecule has 0 aromatic heterocycles. The molecule has 0 aliphatic rings. The van der Waals surface area contributed by atoms with Crippen LogP contribution in [-0.2, 0) is 12.8 Å². The van der Waals surface area contributed by atoms with Gasteiger partial charge in [0, 0.05) is 6.04 Å². The Morgan fingerprint density at radius 3 is 2.67 bits per heavy atom. The summed E-state index contributed by atoms with van der Waals surface area (Å²) in [5.74, 6) is 0.991. The molecule has 84 valence electrons. The molecule has 0 radical (unpaired) electrons. The zero-order valence-electron chi connectivity index (χ0n) is 9.92. The van der Waals surface area contributed by atoms with Crippen molar-refractivity contribution in [3.8, 4) is 5.75 Å². The van der Waals surface area contributed by atoms with Crippen molar-refractivity contribution >= 4 is 0 Å². The summed E-state index contributed by atoms with van der Waals surface area (Å²) in [5, 5.41) is 0. The first-order chi connectivity index (χ1) is 7.17. The molecule has 1 rings (SSSR count). The van der Waals surface area contributed by atoms with Crippen molar-refractivity contribution in [1.29, 1.82) is 0 Å². The Morgan fingerprint density at radius 2 is 2.13 bits per heavy atom. The number of ether oxygens (including phenoxy) is 1. The SMILES string of the molecule is CCCc1cc(CC(C)N)ccc1OC. The lowest BCUT2D eigenvalue weighted by Crippen LogP contribution is -2.17. The fourth-order valence-corrected chi connectivity index (χ4v) is 1.80. The van der Waals surface area contributed by atoms with E-state index in [0.717, 1.165) is 25.0 Å². The molecule has 0 bridgehead atoms. The van der Waals surface area contributed by atoms with Crippen molar-refractivity contribution < 1.29 is 4.74 Å². The van der Waals surface area contributed by atoms with Gasteiger partial charge < -0.3 is 10.5 Å². The highest BCUT2D eigenvalue weighted by atomic mass is 16.5. The van der Waals surface area contributed by atoms with Gasteiger partial charge in [0.1, 0.15) is 5.75 Å². The largest absolute Gasteiger partial charge is 0.496 e. The third kappa shape index (κ3) is 3.56. The van der Waals surface area contributed by atoms with Gasteiger partial charge in [0.25, 0.3) is 0 Å².